The highest BCUT2D eigenvalue weighted by molar-refractivity contribution is 5.95. The minimum atomic E-state index is -0.126. The van der Waals surface area contributed by atoms with Crippen molar-refractivity contribution in [2.75, 3.05) is 39.3 Å². The summed E-state index contributed by atoms with van der Waals surface area (Å²) in [5, 5.41) is 0. The van der Waals surface area contributed by atoms with Crippen LogP contribution in [0.3, 0.4) is 0 Å². The van der Waals surface area contributed by atoms with E-state index in [4.69, 9.17) is 0 Å². The Kier molecular flexibility index (Phi) is 5.61. The molecule has 0 radical (unpaired) electrons. The predicted molar refractivity (Wildman–Crippen MR) is 110 cm³/mol. The topological polar surface area (TPSA) is 60.9 Å². The highest BCUT2D eigenvalue weighted by Gasteiger charge is 2.52. The Labute approximate surface area is 172 Å². The van der Waals surface area contributed by atoms with Gasteiger partial charge >= 0.3 is 0 Å². The zero-order chi connectivity index (χ0) is 20.4. The quantitative estimate of drug-likeness (QED) is 0.770. The van der Waals surface area contributed by atoms with Gasteiger partial charge in [0.1, 0.15) is 0 Å². The molecule has 1 aliphatic carbocycles. The first kappa shape index (κ1) is 19.9. The van der Waals surface area contributed by atoms with Crippen molar-refractivity contribution >= 4 is 17.7 Å². The minimum absolute atomic E-state index is 0.0345. The predicted octanol–water partition coefficient (Wildman–Crippen LogP) is 2.40. The van der Waals surface area contributed by atoms with Crippen LogP contribution in [0.25, 0.3) is 0 Å². The Morgan fingerprint density at radius 3 is 2.10 bits per heavy atom. The van der Waals surface area contributed by atoms with E-state index in [9.17, 15) is 14.4 Å². The van der Waals surface area contributed by atoms with E-state index in [-0.39, 0.29) is 29.1 Å². The molecule has 0 bridgehead atoms. The molecule has 1 aromatic carbocycles. The molecule has 0 N–H and O–H groups in total. The van der Waals surface area contributed by atoms with Crippen LogP contribution < -0.4 is 0 Å². The van der Waals surface area contributed by atoms with Crippen molar-refractivity contribution in [1.82, 2.24) is 14.7 Å². The Morgan fingerprint density at radius 2 is 1.48 bits per heavy atom. The Hall–Kier alpha value is -2.37. The Morgan fingerprint density at radius 1 is 0.862 bits per heavy atom. The molecule has 29 heavy (non-hydrogen) atoms. The molecule has 1 spiro atoms. The number of amides is 3. The molecule has 1 atom stereocenters. The van der Waals surface area contributed by atoms with Crippen molar-refractivity contribution in [3.05, 3.63) is 35.9 Å². The fourth-order valence-corrected chi connectivity index (χ4v) is 5.45. The van der Waals surface area contributed by atoms with E-state index in [0.29, 0.717) is 44.8 Å². The van der Waals surface area contributed by atoms with E-state index in [1.807, 2.05) is 40.1 Å². The SMILES string of the molecule is CC(=O)N1CCN(C(=O)[C@H]2CN(C(=O)c3ccccc3)CC23CCCCC3)CC1. The van der Waals surface area contributed by atoms with Gasteiger partial charge < -0.3 is 14.7 Å². The molecule has 4 rings (SSSR count). The number of carbonyl (C=O) groups is 3. The number of carbonyl (C=O) groups excluding carboxylic acids is 3. The van der Waals surface area contributed by atoms with Gasteiger partial charge in [-0.25, -0.2) is 0 Å². The van der Waals surface area contributed by atoms with Crippen LogP contribution in [0.5, 0.6) is 0 Å². The molecule has 156 valence electrons. The van der Waals surface area contributed by atoms with Crippen LogP contribution in [-0.2, 0) is 9.59 Å². The van der Waals surface area contributed by atoms with Gasteiger partial charge in [-0.2, -0.15) is 0 Å². The van der Waals surface area contributed by atoms with E-state index in [0.717, 1.165) is 25.7 Å². The summed E-state index contributed by atoms with van der Waals surface area (Å²) >= 11 is 0. The fraction of sp³-hybridized carbons (Fsp3) is 0.609. The normalized spacial score (nSPS) is 24.0. The van der Waals surface area contributed by atoms with Gasteiger partial charge in [0, 0.05) is 57.2 Å². The first-order valence-electron chi connectivity index (χ1n) is 10.9. The molecule has 3 aliphatic rings. The molecule has 1 aromatic rings. The highest BCUT2D eigenvalue weighted by Crippen LogP contribution is 2.48. The third-order valence-electron chi connectivity index (χ3n) is 7.14. The zero-order valence-electron chi connectivity index (χ0n) is 17.3. The van der Waals surface area contributed by atoms with Crippen LogP contribution in [0.4, 0.5) is 0 Å². The molecule has 2 saturated heterocycles. The number of benzene rings is 1. The average molecular weight is 398 g/mol. The number of hydrogen-bond acceptors (Lipinski definition) is 3. The van der Waals surface area contributed by atoms with Crippen LogP contribution >= 0.6 is 0 Å². The number of hydrogen-bond donors (Lipinski definition) is 0. The summed E-state index contributed by atoms with van der Waals surface area (Å²) < 4.78 is 0. The lowest BCUT2D eigenvalue weighted by Crippen LogP contribution is -2.53. The van der Waals surface area contributed by atoms with Crippen molar-refractivity contribution < 1.29 is 14.4 Å². The standard InChI is InChI=1S/C23H31N3O3/c1-18(27)24-12-14-25(15-13-24)22(29)20-16-26(17-23(20)10-6-3-7-11-23)21(28)19-8-4-2-5-9-19/h2,4-5,8-9,20H,3,6-7,10-17H2,1H3/t20-/m1/s1. The summed E-state index contributed by atoms with van der Waals surface area (Å²) in [4.78, 5) is 43.9. The fourth-order valence-electron chi connectivity index (χ4n) is 5.45. The van der Waals surface area contributed by atoms with Gasteiger partial charge in [0.25, 0.3) is 5.91 Å². The van der Waals surface area contributed by atoms with E-state index in [1.165, 1.54) is 6.42 Å². The molecule has 2 aliphatic heterocycles. The first-order chi connectivity index (χ1) is 14.0. The second-order valence-electron chi connectivity index (χ2n) is 8.86. The molecular formula is C23H31N3O3. The first-order valence-corrected chi connectivity index (χ1v) is 10.9. The molecule has 3 amide bonds. The van der Waals surface area contributed by atoms with E-state index in [1.54, 1.807) is 11.8 Å². The van der Waals surface area contributed by atoms with Gasteiger partial charge in [-0.1, -0.05) is 37.5 Å². The van der Waals surface area contributed by atoms with Gasteiger partial charge in [0.05, 0.1) is 5.92 Å². The maximum atomic E-state index is 13.5. The molecule has 0 aromatic heterocycles. The van der Waals surface area contributed by atoms with Crippen molar-refractivity contribution in [3.8, 4) is 0 Å². The highest BCUT2D eigenvalue weighted by atomic mass is 16.2. The maximum Gasteiger partial charge on any atom is 0.253 e. The zero-order valence-corrected chi connectivity index (χ0v) is 17.3. The number of rotatable bonds is 2. The third kappa shape index (κ3) is 3.89. The maximum absolute atomic E-state index is 13.5. The van der Waals surface area contributed by atoms with Gasteiger partial charge in [0.15, 0.2) is 0 Å². The van der Waals surface area contributed by atoms with Crippen LogP contribution in [0.15, 0.2) is 30.3 Å². The number of piperazine rings is 1. The smallest absolute Gasteiger partial charge is 0.253 e. The summed E-state index contributed by atoms with van der Waals surface area (Å²) in [6, 6.07) is 9.39. The lowest BCUT2D eigenvalue weighted by molar-refractivity contribution is -0.144. The lowest BCUT2D eigenvalue weighted by Gasteiger charge is -2.41. The third-order valence-corrected chi connectivity index (χ3v) is 7.14. The van der Waals surface area contributed by atoms with Crippen molar-refractivity contribution in [3.63, 3.8) is 0 Å². The largest absolute Gasteiger partial charge is 0.339 e. The van der Waals surface area contributed by atoms with Gasteiger partial charge in [0.2, 0.25) is 11.8 Å². The average Bonchev–Trinajstić information content (AvgIpc) is 3.12. The van der Waals surface area contributed by atoms with Crippen LogP contribution in [0.1, 0.15) is 49.4 Å². The van der Waals surface area contributed by atoms with Gasteiger partial charge in [-0.3, -0.25) is 14.4 Å². The van der Waals surface area contributed by atoms with Crippen LogP contribution in [0, 0.1) is 11.3 Å². The summed E-state index contributed by atoms with van der Waals surface area (Å²) in [5.74, 6) is 0.159. The molecule has 6 heteroatoms. The summed E-state index contributed by atoms with van der Waals surface area (Å²) in [7, 11) is 0. The molecule has 2 heterocycles. The Balaban J connectivity index is 1.52. The lowest BCUT2D eigenvalue weighted by atomic mass is 9.67. The molecule has 6 nitrogen and oxygen atoms in total. The number of likely N-dealkylation sites (tertiary alicyclic amines) is 1. The van der Waals surface area contributed by atoms with Crippen molar-refractivity contribution in [2.24, 2.45) is 11.3 Å². The molecule has 1 saturated carbocycles. The van der Waals surface area contributed by atoms with Crippen molar-refractivity contribution in [1.29, 1.82) is 0 Å². The second kappa shape index (κ2) is 8.17. The monoisotopic (exact) mass is 397 g/mol. The minimum Gasteiger partial charge on any atom is -0.339 e. The summed E-state index contributed by atoms with van der Waals surface area (Å²) in [6.45, 7) is 5.18. The van der Waals surface area contributed by atoms with Crippen LogP contribution in [-0.4, -0.2) is 71.7 Å². The summed E-state index contributed by atoms with van der Waals surface area (Å²) in [6.07, 6.45) is 5.53. The van der Waals surface area contributed by atoms with E-state index in [2.05, 4.69) is 0 Å². The summed E-state index contributed by atoms with van der Waals surface area (Å²) in [5.41, 5.74) is 0.610. The van der Waals surface area contributed by atoms with E-state index < -0.39 is 0 Å². The molecular weight excluding hydrogens is 366 g/mol. The van der Waals surface area contributed by atoms with Crippen molar-refractivity contribution in [2.45, 2.75) is 39.0 Å². The second-order valence-corrected chi connectivity index (χ2v) is 8.86. The van der Waals surface area contributed by atoms with Gasteiger partial charge in [-0.15, -0.1) is 0 Å². The van der Waals surface area contributed by atoms with Gasteiger partial charge in [-0.05, 0) is 25.0 Å². The molecule has 0 unspecified atom stereocenters. The number of nitrogens with zero attached hydrogens (tertiary/aromatic N) is 3. The van der Waals surface area contributed by atoms with E-state index >= 15 is 0 Å². The van der Waals surface area contributed by atoms with Crippen LogP contribution in [0.2, 0.25) is 0 Å². The molecule has 3 fully saturated rings. The Bertz CT molecular complexity index is 765.